The molecule has 1 heterocycles. The van der Waals surface area contributed by atoms with E-state index in [1.54, 1.807) is 48.5 Å². The molecule has 4 unspecified atom stereocenters. The van der Waals surface area contributed by atoms with Crippen LogP contribution in [0.4, 0.5) is 9.18 Å². The summed E-state index contributed by atoms with van der Waals surface area (Å²) in [6, 6.07) is 15.0. The second-order valence-corrected chi connectivity index (χ2v) is 9.10. The lowest BCUT2D eigenvalue weighted by Crippen LogP contribution is -2.56. The summed E-state index contributed by atoms with van der Waals surface area (Å²) < 4.78 is 32.0. The fourth-order valence-corrected chi connectivity index (χ4v) is 5.79. The lowest BCUT2D eigenvalue weighted by Gasteiger charge is -2.41. The second kappa shape index (κ2) is 8.32. The van der Waals surface area contributed by atoms with Crippen molar-refractivity contribution in [3.05, 3.63) is 88.2 Å². The van der Waals surface area contributed by atoms with Gasteiger partial charge in [-0.1, -0.05) is 35.9 Å². The Morgan fingerprint density at radius 3 is 2.51 bits per heavy atom. The summed E-state index contributed by atoms with van der Waals surface area (Å²) in [6.07, 6.45) is -1.18. The largest absolute Gasteiger partial charge is 0.496 e. The zero-order valence-electron chi connectivity index (χ0n) is 18.9. The van der Waals surface area contributed by atoms with E-state index in [4.69, 9.17) is 25.8 Å². The zero-order chi connectivity index (χ0) is 25.0. The molecule has 2 aliphatic rings. The van der Waals surface area contributed by atoms with E-state index in [0.717, 1.165) is 0 Å². The number of methoxy groups -OCH3 is 2. The van der Waals surface area contributed by atoms with Gasteiger partial charge < -0.3 is 29.7 Å². The Bertz CT molecular complexity index is 1300. The highest BCUT2D eigenvalue weighted by atomic mass is 35.5. The van der Waals surface area contributed by atoms with Crippen LogP contribution < -0.4 is 19.5 Å². The van der Waals surface area contributed by atoms with Gasteiger partial charge in [-0.25, -0.2) is 9.18 Å². The van der Waals surface area contributed by atoms with E-state index in [1.165, 1.54) is 26.4 Å². The maximum absolute atomic E-state index is 14.4. The van der Waals surface area contributed by atoms with Gasteiger partial charge in [-0.2, -0.15) is 0 Å². The standard InChI is InChI=1S/C26H23ClFNO6/c1-33-18-11-20(34-2)23-21(12-18)35-26(15-6-8-16(27)9-7-15)19(14-4-3-5-17(28)10-14)13-22(25(23,26)32)29-24(30)31/h3-12,19,22,29,32H,13H2,1-2H3,(H,30,31). The predicted molar refractivity (Wildman–Crippen MR) is 126 cm³/mol. The Morgan fingerprint density at radius 1 is 1.14 bits per heavy atom. The molecule has 1 saturated carbocycles. The van der Waals surface area contributed by atoms with Crippen molar-refractivity contribution in [2.24, 2.45) is 0 Å². The van der Waals surface area contributed by atoms with Crippen molar-refractivity contribution in [2.75, 3.05) is 14.2 Å². The number of carboxylic acid groups (broad SMARTS) is 1. The summed E-state index contributed by atoms with van der Waals surface area (Å²) in [7, 11) is 2.93. The average molecular weight is 500 g/mol. The molecule has 0 aromatic heterocycles. The number of benzene rings is 3. The van der Waals surface area contributed by atoms with Gasteiger partial charge in [0, 0.05) is 23.1 Å². The Morgan fingerprint density at radius 2 is 1.89 bits per heavy atom. The number of nitrogens with one attached hydrogen (secondary N) is 1. The molecule has 1 amide bonds. The van der Waals surface area contributed by atoms with Crippen molar-refractivity contribution < 1.29 is 33.6 Å². The van der Waals surface area contributed by atoms with Crippen molar-refractivity contribution in [2.45, 2.75) is 29.6 Å². The van der Waals surface area contributed by atoms with Gasteiger partial charge in [0.25, 0.3) is 0 Å². The van der Waals surface area contributed by atoms with E-state index in [0.29, 0.717) is 21.9 Å². The third-order valence-corrected chi connectivity index (χ3v) is 7.25. The van der Waals surface area contributed by atoms with Crippen molar-refractivity contribution in [3.63, 3.8) is 0 Å². The molecule has 1 fully saturated rings. The lowest BCUT2D eigenvalue weighted by molar-refractivity contribution is -0.116. The minimum absolute atomic E-state index is 0.128. The fourth-order valence-electron chi connectivity index (χ4n) is 5.66. The van der Waals surface area contributed by atoms with E-state index < -0.39 is 35.1 Å². The van der Waals surface area contributed by atoms with Crippen molar-refractivity contribution in [3.8, 4) is 17.2 Å². The van der Waals surface area contributed by atoms with Gasteiger partial charge in [0.15, 0.2) is 11.2 Å². The molecule has 5 rings (SSSR count). The number of rotatable bonds is 5. The van der Waals surface area contributed by atoms with Crippen LogP contribution in [0.3, 0.4) is 0 Å². The van der Waals surface area contributed by atoms with E-state index in [9.17, 15) is 19.4 Å². The summed E-state index contributed by atoms with van der Waals surface area (Å²) in [5.74, 6) is -0.127. The van der Waals surface area contributed by atoms with Gasteiger partial charge in [-0.15, -0.1) is 0 Å². The Hall–Kier alpha value is -3.49. The van der Waals surface area contributed by atoms with Crippen LogP contribution in [0.2, 0.25) is 5.02 Å². The molecule has 3 aromatic carbocycles. The summed E-state index contributed by atoms with van der Waals surface area (Å²) in [4.78, 5) is 11.8. The molecule has 35 heavy (non-hydrogen) atoms. The summed E-state index contributed by atoms with van der Waals surface area (Å²) in [5, 5.41) is 25.3. The number of hydrogen-bond acceptors (Lipinski definition) is 5. The van der Waals surface area contributed by atoms with Crippen LogP contribution in [0.1, 0.15) is 29.0 Å². The first-order chi connectivity index (χ1) is 16.7. The van der Waals surface area contributed by atoms with Crippen LogP contribution in [0.15, 0.2) is 60.7 Å². The third-order valence-electron chi connectivity index (χ3n) is 7.00. The van der Waals surface area contributed by atoms with E-state index in [1.807, 2.05) is 0 Å². The number of amides is 1. The Labute approximate surface area is 206 Å². The molecule has 3 N–H and O–H groups in total. The molecule has 1 aliphatic heterocycles. The molecule has 0 radical (unpaired) electrons. The van der Waals surface area contributed by atoms with Crippen LogP contribution in [0.25, 0.3) is 0 Å². The lowest BCUT2D eigenvalue weighted by atomic mass is 9.71. The first kappa shape index (κ1) is 23.3. The molecular weight excluding hydrogens is 477 g/mol. The fraction of sp³-hybridized carbons (Fsp3) is 0.269. The quantitative estimate of drug-likeness (QED) is 0.467. The topological polar surface area (TPSA) is 97.2 Å². The first-order valence-electron chi connectivity index (χ1n) is 10.9. The number of carbonyl (C=O) groups is 1. The molecule has 182 valence electrons. The van der Waals surface area contributed by atoms with Gasteiger partial charge in [-0.3, -0.25) is 0 Å². The van der Waals surface area contributed by atoms with E-state index in [2.05, 4.69) is 5.32 Å². The third kappa shape index (κ3) is 3.31. The smallest absolute Gasteiger partial charge is 0.404 e. The number of ether oxygens (including phenoxy) is 3. The molecular formula is C26H23ClFNO6. The second-order valence-electron chi connectivity index (χ2n) is 8.66. The maximum Gasteiger partial charge on any atom is 0.404 e. The van der Waals surface area contributed by atoms with Crippen LogP contribution in [-0.2, 0) is 11.2 Å². The SMILES string of the molecule is COc1cc(OC)c2c(c1)OC1(c3ccc(Cl)cc3)C(c3cccc(F)c3)CC(NC(=O)O)C21O. The monoisotopic (exact) mass is 499 g/mol. The molecule has 4 atom stereocenters. The minimum Gasteiger partial charge on any atom is -0.496 e. The molecule has 3 aromatic rings. The van der Waals surface area contributed by atoms with Crippen LogP contribution >= 0.6 is 11.6 Å². The molecule has 0 saturated heterocycles. The number of hydrogen-bond donors (Lipinski definition) is 3. The van der Waals surface area contributed by atoms with Crippen molar-refractivity contribution >= 4 is 17.7 Å². The maximum atomic E-state index is 14.4. The summed E-state index contributed by atoms with van der Waals surface area (Å²) in [6.45, 7) is 0. The van der Waals surface area contributed by atoms with Crippen LogP contribution in [0, 0.1) is 5.82 Å². The summed E-state index contributed by atoms with van der Waals surface area (Å²) >= 11 is 6.16. The van der Waals surface area contributed by atoms with Gasteiger partial charge >= 0.3 is 6.09 Å². The first-order valence-corrected chi connectivity index (χ1v) is 11.3. The van der Waals surface area contributed by atoms with Crippen LogP contribution in [0.5, 0.6) is 17.2 Å². The predicted octanol–water partition coefficient (Wildman–Crippen LogP) is 4.80. The Kier molecular flexibility index (Phi) is 5.53. The highest BCUT2D eigenvalue weighted by Gasteiger charge is 2.74. The van der Waals surface area contributed by atoms with E-state index in [-0.39, 0.29) is 23.5 Å². The normalized spacial score (nSPS) is 26.4. The van der Waals surface area contributed by atoms with Crippen molar-refractivity contribution in [1.29, 1.82) is 0 Å². The molecule has 0 bridgehead atoms. The summed E-state index contributed by atoms with van der Waals surface area (Å²) in [5.41, 5.74) is -2.09. The minimum atomic E-state index is -1.93. The number of halogens is 2. The molecule has 9 heteroatoms. The van der Waals surface area contributed by atoms with Crippen molar-refractivity contribution in [1.82, 2.24) is 5.32 Å². The van der Waals surface area contributed by atoms with Gasteiger partial charge in [0.05, 0.1) is 25.8 Å². The van der Waals surface area contributed by atoms with Gasteiger partial charge in [-0.05, 0) is 41.8 Å². The van der Waals surface area contributed by atoms with Gasteiger partial charge in [0.1, 0.15) is 23.1 Å². The molecule has 7 nitrogen and oxygen atoms in total. The average Bonchev–Trinajstić information content (AvgIpc) is 3.24. The molecule has 0 spiro atoms. The highest BCUT2D eigenvalue weighted by molar-refractivity contribution is 6.30. The number of fused-ring (bicyclic) bond motifs is 3. The Balaban J connectivity index is 1.85. The zero-order valence-corrected chi connectivity index (χ0v) is 19.7. The molecule has 1 aliphatic carbocycles. The highest BCUT2D eigenvalue weighted by Crippen LogP contribution is 2.68. The van der Waals surface area contributed by atoms with E-state index >= 15 is 0 Å². The van der Waals surface area contributed by atoms with Crippen LogP contribution in [-0.4, -0.2) is 36.6 Å². The van der Waals surface area contributed by atoms with Gasteiger partial charge in [0.2, 0.25) is 0 Å². The number of aliphatic hydroxyl groups is 1.